The molecule has 4 nitrogen and oxygen atoms in total. The summed E-state index contributed by atoms with van der Waals surface area (Å²) in [6.07, 6.45) is 1.04. The predicted octanol–water partition coefficient (Wildman–Crippen LogP) is 3.87. The lowest BCUT2D eigenvalue weighted by atomic mass is 10.3. The van der Waals surface area contributed by atoms with Gasteiger partial charge in [0, 0.05) is 12.1 Å². The summed E-state index contributed by atoms with van der Waals surface area (Å²) in [4.78, 5) is 7.60. The minimum Gasteiger partial charge on any atom is -0.435 e. The minimum atomic E-state index is -0.643. The maximum Gasteiger partial charge on any atom is 0.260 e. The van der Waals surface area contributed by atoms with Crippen molar-refractivity contribution in [3.8, 4) is 11.6 Å². The molecule has 1 aromatic heterocycles. The van der Waals surface area contributed by atoms with Crippen molar-refractivity contribution in [1.29, 1.82) is 0 Å². The van der Waals surface area contributed by atoms with Crippen molar-refractivity contribution in [2.75, 3.05) is 12.4 Å². The van der Waals surface area contributed by atoms with Gasteiger partial charge in [0.05, 0.1) is 10.7 Å². The maximum absolute atomic E-state index is 13.5. The molecule has 0 aliphatic heterocycles. The fraction of sp³-hybridized carbons (Fsp3) is 0.0909. The van der Waals surface area contributed by atoms with Crippen LogP contribution >= 0.6 is 27.5 Å². The smallest absolute Gasteiger partial charge is 0.260 e. The largest absolute Gasteiger partial charge is 0.435 e. The Bertz CT molecular complexity index is 582. The number of rotatable bonds is 3. The molecule has 0 fully saturated rings. The molecule has 0 spiro atoms. The van der Waals surface area contributed by atoms with Crippen molar-refractivity contribution in [2.45, 2.75) is 0 Å². The first-order valence-electron chi connectivity index (χ1n) is 4.93. The van der Waals surface area contributed by atoms with Crippen LogP contribution in [-0.4, -0.2) is 17.0 Å². The SMILES string of the molecule is CNc1ncc(F)c(Oc2ccc(Cl)cc2Br)n1. The Morgan fingerprint density at radius 2 is 2.22 bits per heavy atom. The Hall–Kier alpha value is -1.40. The van der Waals surface area contributed by atoms with Crippen LogP contribution in [0, 0.1) is 5.82 Å². The number of benzene rings is 1. The van der Waals surface area contributed by atoms with E-state index in [2.05, 4.69) is 31.2 Å². The lowest BCUT2D eigenvalue weighted by Crippen LogP contribution is -2.00. The summed E-state index contributed by atoms with van der Waals surface area (Å²) in [6.45, 7) is 0. The Kier molecular flexibility index (Phi) is 3.98. The molecule has 94 valence electrons. The maximum atomic E-state index is 13.5. The minimum absolute atomic E-state index is 0.155. The summed E-state index contributed by atoms with van der Waals surface area (Å²) in [5.74, 6) is -0.108. The summed E-state index contributed by atoms with van der Waals surface area (Å²) in [7, 11) is 1.63. The van der Waals surface area contributed by atoms with E-state index in [1.165, 1.54) is 0 Å². The van der Waals surface area contributed by atoms with E-state index >= 15 is 0 Å². The summed E-state index contributed by atoms with van der Waals surface area (Å²) in [5, 5.41) is 3.25. The van der Waals surface area contributed by atoms with Crippen molar-refractivity contribution in [3.05, 3.63) is 39.7 Å². The molecule has 1 heterocycles. The van der Waals surface area contributed by atoms with E-state index < -0.39 is 5.82 Å². The van der Waals surface area contributed by atoms with E-state index in [0.717, 1.165) is 6.20 Å². The molecule has 0 atom stereocenters. The van der Waals surface area contributed by atoms with Gasteiger partial charge >= 0.3 is 0 Å². The van der Waals surface area contributed by atoms with Gasteiger partial charge in [-0.2, -0.15) is 9.37 Å². The van der Waals surface area contributed by atoms with Crippen molar-refractivity contribution in [2.24, 2.45) is 0 Å². The first-order valence-corrected chi connectivity index (χ1v) is 6.10. The second kappa shape index (κ2) is 5.49. The average Bonchev–Trinajstić information content (AvgIpc) is 2.35. The molecule has 2 aromatic rings. The van der Waals surface area contributed by atoms with Crippen LogP contribution in [0.25, 0.3) is 0 Å². The van der Waals surface area contributed by atoms with Crippen LogP contribution in [0.5, 0.6) is 11.6 Å². The summed E-state index contributed by atoms with van der Waals surface area (Å²) in [5.41, 5.74) is 0. The van der Waals surface area contributed by atoms with E-state index in [-0.39, 0.29) is 11.8 Å². The van der Waals surface area contributed by atoms with Gasteiger partial charge in [-0.3, -0.25) is 0 Å². The molecule has 0 radical (unpaired) electrons. The predicted molar refractivity (Wildman–Crippen MR) is 70.8 cm³/mol. The highest BCUT2D eigenvalue weighted by atomic mass is 79.9. The third-order valence-electron chi connectivity index (χ3n) is 2.04. The number of ether oxygens (including phenoxy) is 1. The van der Waals surface area contributed by atoms with Crippen LogP contribution in [0.2, 0.25) is 5.02 Å². The lowest BCUT2D eigenvalue weighted by molar-refractivity contribution is 0.418. The van der Waals surface area contributed by atoms with E-state index in [1.54, 1.807) is 25.2 Å². The summed E-state index contributed by atoms with van der Waals surface area (Å²) in [6, 6.07) is 4.90. The molecule has 1 N–H and O–H groups in total. The number of hydrogen-bond donors (Lipinski definition) is 1. The second-order valence-corrected chi connectivity index (χ2v) is 4.56. The van der Waals surface area contributed by atoms with Gasteiger partial charge in [0.2, 0.25) is 11.8 Å². The average molecular weight is 333 g/mol. The monoisotopic (exact) mass is 331 g/mol. The zero-order chi connectivity index (χ0) is 13.1. The van der Waals surface area contributed by atoms with Crippen LogP contribution in [0.15, 0.2) is 28.9 Å². The van der Waals surface area contributed by atoms with Crippen LogP contribution in [-0.2, 0) is 0 Å². The van der Waals surface area contributed by atoms with Crippen molar-refractivity contribution < 1.29 is 9.13 Å². The van der Waals surface area contributed by atoms with Crippen LogP contribution < -0.4 is 10.1 Å². The lowest BCUT2D eigenvalue weighted by Gasteiger charge is -2.08. The highest BCUT2D eigenvalue weighted by Crippen LogP contribution is 2.32. The van der Waals surface area contributed by atoms with E-state index in [1.807, 2.05) is 0 Å². The Balaban J connectivity index is 2.33. The van der Waals surface area contributed by atoms with Crippen molar-refractivity contribution in [1.82, 2.24) is 9.97 Å². The molecular formula is C11H8BrClFN3O. The molecule has 0 unspecified atom stereocenters. The number of hydrogen-bond acceptors (Lipinski definition) is 4. The molecule has 0 saturated heterocycles. The molecule has 1 aromatic carbocycles. The third-order valence-corrected chi connectivity index (χ3v) is 2.89. The molecule has 2 rings (SSSR count). The van der Waals surface area contributed by atoms with Crippen LogP contribution in [0.3, 0.4) is 0 Å². The fourth-order valence-corrected chi connectivity index (χ4v) is 1.97. The molecule has 7 heteroatoms. The number of aromatic nitrogens is 2. The van der Waals surface area contributed by atoms with Crippen molar-refractivity contribution in [3.63, 3.8) is 0 Å². The van der Waals surface area contributed by atoms with Crippen molar-refractivity contribution >= 4 is 33.5 Å². The summed E-state index contributed by atoms with van der Waals surface area (Å²) >= 11 is 9.08. The topological polar surface area (TPSA) is 47.0 Å². The van der Waals surface area contributed by atoms with E-state index in [9.17, 15) is 4.39 Å². The zero-order valence-electron chi connectivity index (χ0n) is 9.25. The van der Waals surface area contributed by atoms with Gasteiger partial charge in [0.15, 0.2) is 0 Å². The Labute approximate surface area is 116 Å². The molecule has 0 aliphatic rings. The normalized spacial score (nSPS) is 10.2. The van der Waals surface area contributed by atoms with Gasteiger partial charge in [-0.25, -0.2) is 4.98 Å². The number of anilines is 1. The Morgan fingerprint density at radius 3 is 2.89 bits per heavy atom. The zero-order valence-corrected chi connectivity index (χ0v) is 11.6. The van der Waals surface area contributed by atoms with Gasteiger partial charge in [-0.15, -0.1) is 0 Å². The molecule has 18 heavy (non-hydrogen) atoms. The molecule has 0 amide bonds. The highest BCUT2D eigenvalue weighted by molar-refractivity contribution is 9.10. The van der Waals surface area contributed by atoms with Crippen LogP contribution in [0.4, 0.5) is 10.3 Å². The molecular weight excluding hydrogens is 324 g/mol. The van der Waals surface area contributed by atoms with Gasteiger partial charge < -0.3 is 10.1 Å². The standard InChI is InChI=1S/C11H8BrClFN3O/c1-15-11-16-5-8(14)10(17-11)18-9-3-2-6(13)4-7(9)12/h2-5H,1H3,(H,15,16,17). The first kappa shape index (κ1) is 13.0. The van der Waals surface area contributed by atoms with Gasteiger partial charge in [0.1, 0.15) is 5.75 Å². The van der Waals surface area contributed by atoms with E-state index in [4.69, 9.17) is 16.3 Å². The summed E-state index contributed by atoms with van der Waals surface area (Å²) < 4.78 is 19.5. The molecule has 0 aliphatic carbocycles. The number of halogens is 3. The third kappa shape index (κ3) is 2.88. The molecule has 0 saturated carbocycles. The van der Waals surface area contributed by atoms with E-state index in [0.29, 0.717) is 15.2 Å². The van der Waals surface area contributed by atoms with Gasteiger partial charge in [0.25, 0.3) is 5.88 Å². The second-order valence-electron chi connectivity index (χ2n) is 3.27. The Morgan fingerprint density at radius 1 is 1.44 bits per heavy atom. The van der Waals surface area contributed by atoms with Crippen LogP contribution in [0.1, 0.15) is 0 Å². The number of nitrogens with one attached hydrogen (secondary N) is 1. The highest BCUT2D eigenvalue weighted by Gasteiger charge is 2.11. The molecule has 0 bridgehead atoms. The fourth-order valence-electron chi connectivity index (χ4n) is 1.21. The van der Waals surface area contributed by atoms with Gasteiger partial charge in [-0.1, -0.05) is 11.6 Å². The quantitative estimate of drug-likeness (QED) is 0.927. The number of nitrogens with zero attached hydrogens (tertiary/aromatic N) is 2. The first-order chi connectivity index (χ1) is 8.60. The van der Waals surface area contributed by atoms with Gasteiger partial charge in [-0.05, 0) is 34.1 Å².